The van der Waals surface area contributed by atoms with E-state index < -0.39 is 5.54 Å². The van der Waals surface area contributed by atoms with Crippen LogP contribution in [0.1, 0.15) is 36.5 Å². The van der Waals surface area contributed by atoms with Gasteiger partial charge in [0.05, 0.1) is 5.54 Å². The molecule has 0 bridgehead atoms. The highest BCUT2D eigenvalue weighted by Gasteiger charge is 2.30. The number of rotatable bonds is 4. The van der Waals surface area contributed by atoms with Crippen LogP contribution in [0.15, 0.2) is 48.8 Å². The SMILES string of the molecule is CCCC(N)(c1ccccc1)c1cnccc1C. The molecule has 18 heavy (non-hydrogen) atoms. The average Bonchev–Trinajstić information content (AvgIpc) is 2.40. The molecule has 0 fully saturated rings. The maximum Gasteiger partial charge on any atom is 0.0683 e. The van der Waals surface area contributed by atoms with Crippen molar-refractivity contribution < 1.29 is 0 Å². The maximum atomic E-state index is 6.71. The van der Waals surface area contributed by atoms with E-state index in [-0.39, 0.29) is 0 Å². The smallest absolute Gasteiger partial charge is 0.0683 e. The number of pyridine rings is 1. The molecule has 0 saturated heterocycles. The molecule has 94 valence electrons. The topological polar surface area (TPSA) is 38.9 Å². The first kappa shape index (κ1) is 12.8. The Morgan fingerprint density at radius 2 is 1.89 bits per heavy atom. The molecule has 2 rings (SSSR count). The van der Waals surface area contributed by atoms with E-state index in [4.69, 9.17) is 5.73 Å². The number of aromatic nitrogens is 1. The summed E-state index contributed by atoms with van der Waals surface area (Å²) in [6.45, 7) is 4.26. The van der Waals surface area contributed by atoms with Crippen LogP contribution in [0.3, 0.4) is 0 Å². The van der Waals surface area contributed by atoms with Crippen LogP contribution in [-0.4, -0.2) is 4.98 Å². The number of nitrogens with zero attached hydrogens (tertiary/aromatic N) is 1. The van der Waals surface area contributed by atoms with Gasteiger partial charge in [-0.1, -0.05) is 43.7 Å². The van der Waals surface area contributed by atoms with Crippen LogP contribution in [0, 0.1) is 6.92 Å². The van der Waals surface area contributed by atoms with Gasteiger partial charge >= 0.3 is 0 Å². The van der Waals surface area contributed by atoms with Crippen LogP contribution < -0.4 is 5.73 Å². The molecular weight excluding hydrogens is 220 g/mol. The van der Waals surface area contributed by atoms with E-state index in [0.29, 0.717) is 0 Å². The van der Waals surface area contributed by atoms with Crippen molar-refractivity contribution in [2.45, 2.75) is 32.2 Å². The van der Waals surface area contributed by atoms with Crippen molar-refractivity contribution in [3.05, 3.63) is 65.5 Å². The highest BCUT2D eigenvalue weighted by atomic mass is 14.8. The molecule has 0 saturated carbocycles. The second kappa shape index (κ2) is 5.32. The molecule has 1 heterocycles. The van der Waals surface area contributed by atoms with Gasteiger partial charge in [-0.05, 0) is 36.1 Å². The molecule has 1 atom stereocenters. The Morgan fingerprint density at radius 1 is 1.17 bits per heavy atom. The van der Waals surface area contributed by atoms with Crippen LogP contribution in [-0.2, 0) is 5.54 Å². The summed E-state index contributed by atoms with van der Waals surface area (Å²) in [4.78, 5) is 4.24. The lowest BCUT2D eigenvalue weighted by atomic mass is 9.79. The van der Waals surface area contributed by atoms with Crippen molar-refractivity contribution in [1.29, 1.82) is 0 Å². The number of aryl methyl sites for hydroxylation is 1. The monoisotopic (exact) mass is 240 g/mol. The highest BCUT2D eigenvalue weighted by molar-refractivity contribution is 5.40. The van der Waals surface area contributed by atoms with Crippen LogP contribution in [0.2, 0.25) is 0 Å². The summed E-state index contributed by atoms with van der Waals surface area (Å²) < 4.78 is 0. The summed E-state index contributed by atoms with van der Waals surface area (Å²) in [5, 5.41) is 0. The van der Waals surface area contributed by atoms with E-state index in [0.717, 1.165) is 24.0 Å². The van der Waals surface area contributed by atoms with Crippen molar-refractivity contribution in [2.24, 2.45) is 5.73 Å². The zero-order chi connectivity index (χ0) is 13.0. The predicted octanol–water partition coefficient (Wildman–Crippen LogP) is 3.39. The van der Waals surface area contributed by atoms with E-state index in [9.17, 15) is 0 Å². The summed E-state index contributed by atoms with van der Waals surface area (Å²) in [5.74, 6) is 0. The maximum absolute atomic E-state index is 6.71. The lowest BCUT2D eigenvalue weighted by Crippen LogP contribution is -2.38. The van der Waals surface area contributed by atoms with Crippen LogP contribution in [0.25, 0.3) is 0 Å². The molecule has 2 heteroatoms. The summed E-state index contributed by atoms with van der Waals surface area (Å²) in [7, 11) is 0. The molecule has 1 aromatic heterocycles. The zero-order valence-electron chi connectivity index (χ0n) is 11.1. The minimum atomic E-state index is -0.436. The van der Waals surface area contributed by atoms with Gasteiger partial charge < -0.3 is 5.73 Å². The molecule has 0 radical (unpaired) electrons. The number of hydrogen-bond donors (Lipinski definition) is 1. The van der Waals surface area contributed by atoms with Crippen LogP contribution in [0.5, 0.6) is 0 Å². The first-order valence-corrected chi connectivity index (χ1v) is 6.44. The Kier molecular flexibility index (Phi) is 3.78. The molecular formula is C16H20N2. The molecule has 2 nitrogen and oxygen atoms in total. The molecule has 1 unspecified atom stereocenters. The minimum Gasteiger partial charge on any atom is -0.318 e. The quantitative estimate of drug-likeness (QED) is 0.889. The molecule has 2 aromatic rings. The fourth-order valence-electron chi connectivity index (χ4n) is 2.50. The Balaban J connectivity index is 2.55. The molecule has 1 aromatic carbocycles. The van der Waals surface area contributed by atoms with Gasteiger partial charge in [0, 0.05) is 12.4 Å². The fraction of sp³-hybridized carbons (Fsp3) is 0.312. The molecule has 0 amide bonds. The lowest BCUT2D eigenvalue weighted by Gasteiger charge is -2.31. The zero-order valence-corrected chi connectivity index (χ0v) is 11.1. The van der Waals surface area contributed by atoms with Crippen molar-refractivity contribution in [3.63, 3.8) is 0 Å². The molecule has 2 N–H and O–H groups in total. The van der Waals surface area contributed by atoms with Crippen LogP contribution >= 0.6 is 0 Å². The van der Waals surface area contributed by atoms with Gasteiger partial charge in [-0.3, -0.25) is 4.98 Å². The minimum absolute atomic E-state index is 0.436. The standard InChI is InChI=1S/C16H20N2/c1-3-10-16(17,14-7-5-4-6-8-14)15-12-18-11-9-13(15)2/h4-9,11-12H,3,10,17H2,1-2H3. The third kappa shape index (κ3) is 2.29. The van der Waals surface area contributed by atoms with Gasteiger partial charge in [-0.2, -0.15) is 0 Å². The fourth-order valence-corrected chi connectivity index (χ4v) is 2.50. The molecule has 0 spiro atoms. The first-order valence-electron chi connectivity index (χ1n) is 6.44. The first-order chi connectivity index (χ1) is 8.68. The van der Waals surface area contributed by atoms with E-state index in [2.05, 4.69) is 31.0 Å². The van der Waals surface area contributed by atoms with Gasteiger partial charge in [0.2, 0.25) is 0 Å². The Morgan fingerprint density at radius 3 is 2.50 bits per heavy atom. The number of hydrogen-bond acceptors (Lipinski definition) is 2. The lowest BCUT2D eigenvalue weighted by molar-refractivity contribution is 0.481. The third-order valence-electron chi connectivity index (χ3n) is 3.45. The summed E-state index contributed by atoms with van der Waals surface area (Å²) in [5.41, 5.74) is 9.75. The van der Waals surface area contributed by atoms with Gasteiger partial charge in [0.1, 0.15) is 0 Å². The van der Waals surface area contributed by atoms with E-state index in [1.165, 1.54) is 5.56 Å². The third-order valence-corrected chi connectivity index (χ3v) is 3.45. The van der Waals surface area contributed by atoms with E-state index in [1.54, 1.807) is 0 Å². The summed E-state index contributed by atoms with van der Waals surface area (Å²) in [6, 6.07) is 12.3. The van der Waals surface area contributed by atoms with E-state index in [1.807, 2.05) is 36.7 Å². The normalized spacial score (nSPS) is 14.2. The largest absolute Gasteiger partial charge is 0.318 e. The Bertz CT molecular complexity index is 508. The Hall–Kier alpha value is -1.67. The van der Waals surface area contributed by atoms with E-state index >= 15 is 0 Å². The van der Waals surface area contributed by atoms with Gasteiger partial charge in [-0.15, -0.1) is 0 Å². The van der Waals surface area contributed by atoms with Crippen molar-refractivity contribution in [2.75, 3.05) is 0 Å². The molecule has 0 aliphatic heterocycles. The number of nitrogens with two attached hydrogens (primary N) is 1. The van der Waals surface area contributed by atoms with Gasteiger partial charge in [0.25, 0.3) is 0 Å². The summed E-state index contributed by atoms with van der Waals surface area (Å²) in [6.07, 6.45) is 5.68. The Labute approximate surface area is 109 Å². The van der Waals surface area contributed by atoms with Crippen LogP contribution in [0.4, 0.5) is 0 Å². The van der Waals surface area contributed by atoms with Crippen molar-refractivity contribution >= 4 is 0 Å². The van der Waals surface area contributed by atoms with Gasteiger partial charge in [0.15, 0.2) is 0 Å². The molecule has 0 aliphatic carbocycles. The van der Waals surface area contributed by atoms with Gasteiger partial charge in [-0.25, -0.2) is 0 Å². The second-order valence-corrected chi connectivity index (χ2v) is 4.78. The summed E-state index contributed by atoms with van der Waals surface area (Å²) >= 11 is 0. The average molecular weight is 240 g/mol. The molecule has 0 aliphatic rings. The van der Waals surface area contributed by atoms with Crippen molar-refractivity contribution in [3.8, 4) is 0 Å². The second-order valence-electron chi connectivity index (χ2n) is 4.78. The van der Waals surface area contributed by atoms with Crippen molar-refractivity contribution in [1.82, 2.24) is 4.98 Å². The predicted molar refractivity (Wildman–Crippen MR) is 75.3 cm³/mol. The number of benzene rings is 1. The highest BCUT2D eigenvalue weighted by Crippen LogP contribution is 2.32.